The Morgan fingerprint density at radius 1 is 1.06 bits per heavy atom. The molecule has 0 spiro atoms. The van der Waals surface area contributed by atoms with Crippen LogP contribution >= 0.6 is 11.3 Å². The Morgan fingerprint density at radius 2 is 1.82 bits per heavy atom. The summed E-state index contributed by atoms with van der Waals surface area (Å²) in [5.74, 6) is 0.846. The summed E-state index contributed by atoms with van der Waals surface area (Å²) in [6.07, 6.45) is 7.77. The minimum atomic E-state index is 0.105. The number of methoxy groups -OCH3 is 1. The Labute approximate surface area is 203 Å². The fourth-order valence-electron chi connectivity index (χ4n) is 5.55. The molecule has 2 aliphatic rings. The van der Waals surface area contributed by atoms with Gasteiger partial charge >= 0.3 is 0 Å². The smallest absolute Gasteiger partial charge is 0.262 e. The van der Waals surface area contributed by atoms with Crippen molar-refractivity contribution in [2.45, 2.75) is 57.2 Å². The zero-order chi connectivity index (χ0) is 23.1. The first-order chi connectivity index (χ1) is 16.7. The Hall–Kier alpha value is -2.96. The average molecular weight is 472 g/mol. The third-order valence-corrected chi connectivity index (χ3v) is 8.52. The van der Waals surface area contributed by atoms with Crippen LogP contribution in [0.25, 0.3) is 10.2 Å². The molecule has 2 aliphatic carbocycles. The molecule has 1 atom stereocenters. The molecule has 6 rings (SSSR count). The van der Waals surface area contributed by atoms with Crippen LogP contribution in [0.4, 0.5) is 0 Å². The monoisotopic (exact) mass is 471 g/mol. The van der Waals surface area contributed by atoms with Gasteiger partial charge in [-0.2, -0.15) is 0 Å². The van der Waals surface area contributed by atoms with Gasteiger partial charge in [0.2, 0.25) is 0 Å². The van der Waals surface area contributed by atoms with Crippen LogP contribution in [0, 0.1) is 0 Å². The number of rotatable bonds is 6. The lowest BCUT2D eigenvalue weighted by atomic mass is 9.92. The number of aryl methyl sites for hydroxylation is 3. The molecule has 34 heavy (non-hydrogen) atoms. The quantitative estimate of drug-likeness (QED) is 0.455. The van der Waals surface area contributed by atoms with Crippen molar-refractivity contribution in [1.29, 1.82) is 0 Å². The van der Waals surface area contributed by atoms with Gasteiger partial charge in [-0.1, -0.05) is 36.4 Å². The van der Waals surface area contributed by atoms with E-state index in [1.807, 2.05) is 12.1 Å². The van der Waals surface area contributed by atoms with E-state index < -0.39 is 0 Å². The summed E-state index contributed by atoms with van der Waals surface area (Å²) >= 11 is 1.71. The standard InChI is InChI=1S/C28H29N3O2S/c1-33-23-9-6-18(7-10-23)12-13-31-17-29-27-26(28(31)32)24-11-8-21(16-25(24)34-27)30-22-14-19-4-2-3-5-20(19)15-22/h2-7,9-10,17,21-22,30H,8,11-16H2,1H3. The fourth-order valence-corrected chi connectivity index (χ4v) is 6.81. The molecule has 6 heteroatoms. The van der Waals surface area contributed by atoms with Crippen molar-refractivity contribution >= 4 is 21.6 Å². The number of nitrogens with zero attached hydrogens (tertiary/aromatic N) is 2. The third kappa shape index (κ3) is 4.05. The summed E-state index contributed by atoms with van der Waals surface area (Å²) in [4.78, 5) is 20.3. The van der Waals surface area contributed by atoms with Crippen LogP contribution in [-0.2, 0) is 38.6 Å². The third-order valence-electron chi connectivity index (χ3n) is 7.36. The van der Waals surface area contributed by atoms with Gasteiger partial charge in [0.15, 0.2) is 0 Å². The van der Waals surface area contributed by atoms with E-state index in [4.69, 9.17) is 4.74 Å². The molecule has 1 unspecified atom stereocenters. The van der Waals surface area contributed by atoms with Gasteiger partial charge in [0.05, 0.1) is 18.8 Å². The number of hydrogen-bond acceptors (Lipinski definition) is 5. The lowest BCUT2D eigenvalue weighted by Gasteiger charge is -2.26. The second kappa shape index (κ2) is 9.01. The maximum Gasteiger partial charge on any atom is 0.262 e. The minimum absolute atomic E-state index is 0.105. The molecule has 0 saturated heterocycles. The van der Waals surface area contributed by atoms with Crippen LogP contribution in [0.15, 0.2) is 59.7 Å². The fraction of sp³-hybridized carbons (Fsp3) is 0.357. The second-order valence-corrected chi connectivity index (χ2v) is 10.6. The first-order valence-corrected chi connectivity index (χ1v) is 12.9. The molecular formula is C28H29N3O2S. The van der Waals surface area contributed by atoms with E-state index in [-0.39, 0.29) is 5.56 Å². The number of aromatic nitrogens is 2. The number of benzene rings is 2. The number of nitrogens with one attached hydrogen (secondary N) is 1. The van der Waals surface area contributed by atoms with Gasteiger partial charge < -0.3 is 10.1 Å². The minimum Gasteiger partial charge on any atom is -0.497 e. The molecule has 0 aliphatic heterocycles. The Morgan fingerprint density at radius 3 is 2.56 bits per heavy atom. The van der Waals surface area contributed by atoms with Crippen molar-refractivity contribution in [3.8, 4) is 5.75 Å². The molecule has 2 aromatic carbocycles. The lowest BCUT2D eigenvalue weighted by molar-refractivity contribution is 0.402. The molecule has 174 valence electrons. The van der Waals surface area contributed by atoms with E-state index in [1.165, 1.54) is 27.1 Å². The van der Waals surface area contributed by atoms with Crippen molar-refractivity contribution in [2.75, 3.05) is 7.11 Å². The highest BCUT2D eigenvalue weighted by atomic mass is 32.1. The highest BCUT2D eigenvalue weighted by Crippen LogP contribution is 2.34. The summed E-state index contributed by atoms with van der Waals surface area (Å²) in [5, 5.41) is 4.77. The molecule has 0 radical (unpaired) electrons. The van der Waals surface area contributed by atoms with E-state index in [1.54, 1.807) is 29.3 Å². The molecule has 0 bridgehead atoms. The van der Waals surface area contributed by atoms with E-state index in [2.05, 4.69) is 46.7 Å². The van der Waals surface area contributed by atoms with Crippen molar-refractivity contribution in [3.63, 3.8) is 0 Å². The zero-order valence-corrected chi connectivity index (χ0v) is 20.2. The highest BCUT2D eigenvalue weighted by Gasteiger charge is 2.28. The highest BCUT2D eigenvalue weighted by molar-refractivity contribution is 7.18. The topological polar surface area (TPSA) is 56.2 Å². The van der Waals surface area contributed by atoms with Crippen molar-refractivity contribution < 1.29 is 4.74 Å². The average Bonchev–Trinajstić information content (AvgIpc) is 3.44. The summed E-state index contributed by atoms with van der Waals surface area (Å²) < 4.78 is 7.01. The van der Waals surface area contributed by atoms with E-state index in [0.717, 1.165) is 54.5 Å². The predicted molar refractivity (Wildman–Crippen MR) is 137 cm³/mol. The van der Waals surface area contributed by atoms with Gasteiger partial charge in [0.1, 0.15) is 10.6 Å². The SMILES string of the molecule is COc1ccc(CCn2cnc3sc4c(c3c2=O)CCC(NC2Cc3ccccc3C2)C4)cc1. The summed E-state index contributed by atoms with van der Waals surface area (Å²) in [6, 6.07) is 17.8. The van der Waals surface area contributed by atoms with E-state index >= 15 is 0 Å². The summed E-state index contributed by atoms with van der Waals surface area (Å²) in [5.41, 5.74) is 5.50. The van der Waals surface area contributed by atoms with Gasteiger partial charge in [-0.05, 0) is 72.9 Å². The Bertz CT molecular complexity index is 1360. The number of thiophene rings is 1. The molecule has 1 N–H and O–H groups in total. The molecular weight excluding hydrogens is 442 g/mol. The molecule has 0 fully saturated rings. The van der Waals surface area contributed by atoms with E-state index in [0.29, 0.717) is 18.6 Å². The van der Waals surface area contributed by atoms with E-state index in [9.17, 15) is 4.79 Å². The molecule has 5 nitrogen and oxygen atoms in total. The molecule has 4 aromatic rings. The molecule has 2 aromatic heterocycles. The summed E-state index contributed by atoms with van der Waals surface area (Å²) in [6.45, 7) is 0.630. The van der Waals surface area contributed by atoms with Crippen LogP contribution in [0.2, 0.25) is 0 Å². The first-order valence-electron chi connectivity index (χ1n) is 12.1. The normalized spacial score (nSPS) is 17.6. The van der Waals surface area contributed by atoms with Gasteiger partial charge in [0, 0.05) is 23.5 Å². The maximum absolute atomic E-state index is 13.4. The molecule has 0 amide bonds. The first kappa shape index (κ1) is 21.6. The van der Waals surface area contributed by atoms with Gasteiger partial charge in [-0.25, -0.2) is 4.98 Å². The maximum atomic E-state index is 13.4. The van der Waals surface area contributed by atoms with Crippen molar-refractivity contribution in [2.24, 2.45) is 0 Å². The second-order valence-electron chi connectivity index (χ2n) is 9.51. The van der Waals surface area contributed by atoms with Gasteiger partial charge in [0.25, 0.3) is 5.56 Å². The number of hydrogen-bond donors (Lipinski definition) is 1. The van der Waals surface area contributed by atoms with Gasteiger partial charge in [-0.15, -0.1) is 11.3 Å². The van der Waals surface area contributed by atoms with Gasteiger partial charge in [-0.3, -0.25) is 9.36 Å². The van der Waals surface area contributed by atoms with Crippen LogP contribution in [-0.4, -0.2) is 28.7 Å². The van der Waals surface area contributed by atoms with Crippen LogP contribution < -0.4 is 15.6 Å². The predicted octanol–water partition coefficient (Wildman–Crippen LogP) is 4.32. The largest absolute Gasteiger partial charge is 0.497 e. The molecule has 2 heterocycles. The Balaban J connectivity index is 1.16. The Kier molecular flexibility index (Phi) is 5.71. The molecule has 0 saturated carbocycles. The van der Waals surface area contributed by atoms with Crippen LogP contribution in [0.3, 0.4) is 0 Å². The lowest BCUT2D eigenvalue weighted by Crippen LogP contribution is -2.41. The summed E-state index contributed by atoms with van der Waals surface area (Å²) in [7, 11) is 1.67. The van der Waals surface area contributed by atoms with Crippen LogP contribution in [0.1, 0.15) is 33.6 Å². The van der Waals surface area contributed by atoms with Crippen LogP contribution in [0.5, 0.6) is 5.75 Å². The van der Waals surface area contributed by atoms with Crippen molar-refractivity contribution in [1.82, 2.24) is 14.9 Å². The number of ether oxygens (including phenoxy) is 1. The zero-order valence-electron chi connectivity index (χ0n) is 19.4. The van der Waals surface area contributed by atoms with Crippen molar-refractivity contribution in [3.05, 3.63) is 92.3 Å². The number of fused-ring (bicyclic) bond motifs is 4.